The van der Waals surface area contributed by atoms with Gasteiger partial charge in [-0.3, -0.25) is 4.98 Å². The molecule has 1 aromatic rings. The quantitative estimate of drug-likeness (QED) is 0.433. The van der Waals surface area contributed by atoms with Crippen LogP contribution in [0.2, 0.25) is 0 Å². The lowest BCUT2D eigenvalue weighted by atomic mass is 10.3. The Balaban J connectivity index is 2.40. The van der Waals surface area contributed by atoms with Gasteiger partial charge in [-0.25, -0.2) is 4.99 Å². The summed E-state index contributed by atoms with van der Waals surface area (Å²) in [7, 11) is 0. The molecule has 0 aliphatic carbocycles. The highest BCUT2D eigenvalue weighted by molar-refractivity contribution is 5.79. The molecule has 0 amide bonds. The third kappa shape index (κ3) is 6.20. The van der Waals surface area contributed by atoms with Crippen molar-refractivity contribution in [3.8, 4) is 0 Å². The molecule has 0 bridgehead atoms. The SMILES string of the molecule is CCNC(=NCc1ccccn1)NCCOCC. The van der Waals surface area contributed by atoms with Gasteiger partial charge in [-0.15, -0.1) is 0 Å². The van der Waals surface area contributed by atoms with E-state index in [2.05, 4.69) is 20.6 Å². The fourth-order valence-electron chi connectivity index (χ4n) is 1.38. The van der Waals surface area contributed by atoms with Crippen molar-refractivity contribution in [2.75, 3.05) is 26.3 Å². The van der Waals surface area contributed by atoms with Crippen molar-refractivity contribution in [2.45, 2.75) is 20.4 Å². The van der Waals surface area contributed by atoms with Gasteiger partial charge >= 0.3 is 0 Å². The van der Waals surface area contributed by atoms with Gasteiger partial charge in [-0.1, -0.05) is 6.07 Å². The molecule has 5 nitrogen and oxygen atoms in total. The van der Waals surface area contributed by atoms with Crippen LogP contribution in [0.5, 0.6) is 0 Å². The van der Waals surface area contributed by atoms with Crippen molar-refractivity contribution in [1.29, 1.82) is 0 Å². The van der Waals surface area contributed by atoms with Gasteiger partial charge in [-0.2, -0.15) is 0 Å². The van der Waals surface area contributed by atoms with Crippen LogP contribution in [-0.4, -0.2) is 37.2 Å². The minimum atomic E-state index is 0.574. The molecule has 0 radical (unpaired) electrons. The third-order valence-corrected chi connectivity index (χ3v) is 2.21. The summed E-state index contributed by atoms with van der Waals surface area (Å²) in [6, 6.07) is 5.83. The number of hydrogen-bond acceptors (Lipinski definition) is 3. The molecule has 1 heterocycles. The number of aliphatic imine (C=N–C) groups is 1. The molecule has 2 N–H and O–H groups in total. The van der Waals surface area contributed by atoms with Gasteiger partial charge in [0.05, 0.1) is 18.8 Å². The highest BCUT2D eigenvalue weighted by Gasteiger charge is 1.97. The van der Waals surface area contributed by atoms with Gasteiger partial charge in [0.1, 0.15) is 0 Å². The Kier molecular flexibility index (Phi) is 7.55. The largest absolute Gasteiger partial charge is 0.380 e. The Bertz CT molecular complexity index is 340. The van der Waals surface area contributed by atoms with Crippen LogP contribution in [0, 0.1) is 0 Å². The maximum absolute atomic E-state index is 5.27. The van der Waals surface area contributed by atoms with E-state index < -0.39 is 0 Å². The second-order valence-corrected chi connectivity index (χ2v) is 3.64. The van der Waals surface area contributed by atoms with Gasteiger partial charge in [0.2, 0.25) is 0 Å². The van der Waals surface area contributed by atoms with E-state index in [0.29, 0.717) is 13.2 Å². The first-order valence-electron chi connectivity index (χ1n) is 6.36. The Labute approximate surface area is 109 Å². The highest BCUT2D eigenvalue weighted by Crippen LogP contribution is 1.95. The van der Waals surface area contributed by atoms with Crippen LogP contribution in [0.25, 0.3) is 0 Å². The van der Waals surface area contributed by atoms with Crippen LogP contribution in [0.3, 0.4) is 0 Å². The fourth-order valence-corrected chi connectivity index (χ4v) is 1.38. The van der Waals surface area contributed by atoms with E-state index in [1.165, 1.54) is 0 Å². The molecule has 0 fully saturated rings. The molecule has 18 heavy (non-hydrogen) atoms. The first kappa shape index (κ1) is 14.4. The summed E-state index contributed by atoms with van der Waals surface area (Å²) in [5, 5.41) is 6.40. The highest BCUT2D eigenvalue weighted by atomic mass is 16.5. The zero-order valence-electron chi connectivity index (χ0n) is 11.1. The zero-order valence-corrected chi connectivity index (χ0v) is 11.1. The number of ether oxygens (including phenoxy) is 1. The molecular weight excluding hydrogens is 228 g/mol. The Morgan fingerprint density at radius 3 is 2.89 bits per heavy atom. The molecule has 0 unspecified atom stereocenters. The van der Waals surface area contributed by atoms with E-state index in [1.807, 2.05) is 32.0 Å². The molecule has 0 spiro atoms. The van der Waals surface area contributed by atoms with E-state index >= 15 is 0 Å². The summed E-state index contributed by atoms with van der Waals surface area (Å²) in [5.74, 6) is 0.794. The smallest absolute Gasteiger partial charge is 0.191 e. The summed E-state index contributed by atoms with van der Waals surface area (Å²) < 4.78 is 5.27. The zero-order chi connectivity index (χ0) is 13.1. The second kappa shape index (κ2) is 9.41. The Morgan fingerprint density at radius 2 is 2.22 bits per heavy atom. The van der Waals surface area contributed by atoms with Gasteiger partial charge in [0, 0.05) is 25.9 Å². The molecule has 0 atom stereocenters. The van der Waals surface area contributed by atoms with Crippen LogP contribution >= 0.6 is 0 Å². The minimum absolute atomic E-state index is 0.574. The van der Waals surface area contributed by atoms with Crippen LogP contribution in [0.4, 0.5) is 0 Å². The molecule has 0 aromatic carbocycles. The monoisotopic (exact) mass is 250 g/mol. The van der Waals surface area contributed by atoms with Crippen LogP contribution in [0.15, 0.2) is 29.4 Å². The number of rotatable bonds is 7. The molecular formula is C13H22N4O. The predicted molar refractivity (Wildman–Crippen MR) is 73.5 cm³/mol. The molecule has 100 valence electrons. The lowest BCUT2D eigenvalue weighted by Crippen LogP contribution is -2.39. The molecule has 0 aliphatic heterocycles. The molecule has 1 aromatic heterocycles. The lowest BCUT2D eigenvalue weighted by Gasteiger charge is -2.10. The van der Waals surface area contributed by atoms with Crippen LogP contribution in [0.1, 0.15) is 19.5 Å². The topological polar surface area (TPSA) is 58.5 Å². The Hall–Kier alpha value is -1.62. The summed E-state index contributed by atoms with van der Waals surface area (Å²) in [6.45, 7) is 7.62. The van der Waals surface area contributed by atoms with Gasteiger partial charge < -0.3 is 15.4 Å². The fraction of sp³-hybridized carbons (Fsp3) is 0.538. The van der Waals surface area contributed by atoms with Crippen LogP contribution in [-0.2, 0) is 11.3 Å². The normalized spacial score (nSPS) is 11.3. The van der Waals surface area contributed by atoms with Crippen LogP contribution < -0.4 is 10.6 Å². The third-order valence-electron chi connectivity index (χ3n) is 2.21. The van der Waals surface area contributed by atoms with Crippen molar-refractivity contribution in [1.82, 2.24) is 15.6 Å². The summed E-state index contributed by atoms with van der Waals surface area (Å²) in [5.41, 5.74) is 0.958. The number of nitrogens with zero attached hydrogens (tertiary/aromatic N) is 2. The molecule has 0 saturated heterocycles. The standard InChI is InChI=1S/C13H22N4O/c1-3-14-13(16-9-10-18-4-2)17-11-12-7-5-6-8-15-12/h5-8H,3-4,9-11H2,1-2H3,(H2,14,16,17). The number of nitrogens with one attached hydrogen (secondary N) is 2. The second-order valence-electron chi connectivity index (χ2n) is 3.64. The Morgan fingerprint density at radius 1 is 1.33 bits per heavy atom. The van der Waals surface area contributed by atoms with E-state index in [0.717, 1.165) is 31.3 Å². The van der Waals surface area contributed by atoms with Crippen molar-refractivity contribution in [3.05, 3.63) is 30.1 Å². The lowest BCUT2D eigenvalue weighted by molar-refractivity contribution is 0.152. The average Bonchev–Trinajstić information content (AvgIpc) is 2.42. The maximum atomic E-state index is 5.27. The number of guanidine groups is 1. The summed E-state index contributed by atoms with van der Waals surface area (Å²) >= 11 is 0. The van der Waals surface area contributed by atoms with E-state index in [4.69, 9.17) is 4.74 Å². The predicted octanol–water partition coefficient (Wildman–Crippen LogP) is 1.17. The number of pyridine rings is 1. The molecule has 5 heteroatoms. The number of aromatic nitrogens is 1. The van der Waals surface area contributed by atoms with Crippen molar-refractivity contribution < 1.29 is 4.74 Å². The molecule has 0 saturated carbocycles. The van der Waals surface area contributed by atoms with Crippen molar-refractivity contribution in [2.24, 2.45) is 4.99 Å². The number of hydrogen-bond donors (Lipinski definition) is 2. The first-order valence-corrected chi connectivity index (χ1v) is 6.36. The first-order chi connectivity index (χ1) is 8.86. The van der Waals surface area contributed by atoms with E-state index in [-0.39, 0.29) is 0 Å². The summed E-state index contributed by atoms with van der Waals surface area (Å²) in [6.07, 6.45) is 1.78. The average molecular weight is 250 g/mol. The van der Waals surface area contributed by atoms with E-state index in [1.54, 1.807) is 6.20 Å². The minimum Gasteiger partial charge on any atom is -0.380 e. The molecule has 1 rings (SSSR count). The maximum Gasteiger partial charge on any atom is 0.191 e. The van der Waals surface area contributed by atoms with Crippen molar-refractivity contribution in [3.63, 3.8) is 0 Å². The summed E-state index contributed by atoms with van der Waals surface area (Å²) in [4.78, 5) is 8.69. The van der Waals surface area contributed by atoms with E-state index in [9.17, 15) is 0 Å². The van der Waals surface area contributed by atoms with Gasteiger partial charge in [0.25, 0.3) is 0 Å². The van der Waals surface area contributed by atoms with Gasteiger partial charge in [-0.05, 0) is 26.0 Å². The van der Waals surface area contributed by atoms with Gasteiger partial charge in [0.15, 0.2) is 5.96 Å². The molecule has 0 aliphatic rings. The van der Waals surface area contributed by atoms with Crippen molar-refractivity contribution >= 4 is 5.96 Å².